The summed E-state index contributed by atoms with van der Waals surface area (Å²) >= 11 is 0. The highest BCUT2D eigenvalue weighted by Crippen LogP contribution is 2.15. The number of anilines is 1. The molecule has 2 unspecified atom stereocenters. The zero-order chi connectivity index (χ0) is 15.2. The number of hydrogen-bond donors (Lipinski definition) is 1. The molecule has 1 aromatic heterocycles. The molecule has 0 radical (unpaired) electrons. The number of hydrogen-bond acceptors (Lipinski definition) is 4. The van der Waals surface area contributed by atoms with E-state index in [9.17, 15) is 4.79 Å². The Kier molecular flexibility index (Phi) is 5.76. The van der Waals surface area contributed by atoms with Gasteiger partial charge in [-0.1, -0.05) is 0 Å². The quantitative estimate of drug-likeness (QED) is 0.875. The minimum absolute atomic E-state index is 0.121. The van der Waals surface area contributed by atoms with E-state index in [1.807, 2.05) is 13.8 Å². The SMILES string of the molecule is CC(OCC1CCCCO1)C(=O)Nc1ccnn1C(C)C. The van der Waals surface area contributed by atoms with Gasteiger partial charge in [-0.2, -0.15) is 5.10 Å². The molecule has 2 atom stereocenters. The number of carbonyl (C=O) groups excluding carboxylic acids is 1. The molecule has 0 bridgehead atoms. The van der Waals surface area contributed by atoms with E-state index >= 15 is 0 Å². The molecule has 1 aromatic rings. The minimum Gasteiger partial charge on any atom is -0.376 e. The van der Waals surface area contributed by atoms with Gasteiger partial charge in [0.15, 0.2) is 0 Å². The minimum atomic E-state index is -0.508. The number of rotatable bonds is 6. The van der Waals surface area contributed by atoms with Crippen molar-refractivity contribution >= 4 is 11.7 Å². The van der Waals surface area contributed by atoms with Crippen LogP contribution < -0.4 is 5.32 Å². The Bertz CT molecular complexity index is 453. The molecule has 6 heteroatoms. The molecule has 2 heterocycles. The second-order valence-electron chi connectivity index (χ2n) is 5.71. The van der Waals surface area contributed by atoms with Crippen molar-refractivity contribution in [2.24, 2.45) is 0 Å². The fourth-order valence-electron chi connectivity index (χ4n) is 2.32. The summed E-state index contributed by atoms with van der Waals surface area (Å²) in [5, 5.41) is 7.04. The van der Waals surface area contributed by atoms with E-state index in [4.69, 9.17) is 9.47 Å². The standard InChI is InChI=1S/C15H25N3O3/c1-11(2)18-14(7-8-16-18)17-15(19)12(3)21-10-13-6-4-5-9-20-13/h7-8,11-13H,4-6,9-10H2,1-3H3,(H,17,19). The van der Waals surface area contributed by atoms with Crippen LogP contribution in [0.3, 0.4) is 0 Å². The van der Waals surface area contributed by atoms with Crippen LogP contribution >= 0.6 is 0 Å². The molecular formula is C15H25N3O3. The van der Waals surface area contributed by atoms with Crippen LogP contribution in [0.25, 0.3) is 0 Å². The summed E-state index contributed by atoms with van der Waals surface area (Å²) in [4.78, 5) is 12.1. The molecule has 1 fully saturated rings. The molecule has 1 saturated heterocycles. The lowest BCUT2D eigenvalue weighted by molar-refractivity contribution is -0.130. The van der Waals surface area contributed by atoms with Gasteiger partial charge in [0, 0.05) is 18.7 Å². The van der Waals surface area contributed by atoms with Crippen LogP contribution in [0.1, 0.15) is 46.1 Å². The molecule has 2 rings (SSSR count). The molecule has 1 amide bonds. The zero-order valence-corrected chi connectivity index (χ0v) is 13.0. The predicted octanol–water partition coefficient (Wildman–Crippen LogP) is 2.38. The van der Waals surface area contributed by atoms with Crippen LogP contribution in [0.2, 0.25) is 0 Å². The molecule has 0 aliphatic carbocycles. The van der Waals surface area contributed by atoms with Gasteiger partial charge in [0.1, 0.15) is 11.9 Å². The van der Waals surface area contributed by atoms with E-state index in [1.165, 1.54) is 6.42 Å². The predicted molar refractivity (Wildman–Crippen MR) is 80.2 cm³/mol. The van der Waals surface area contributed by atoms with Crippen LogP contribution in [-0.4, -0.2) is 41.1 Å². The third kappa shape index (κ3) is 4.54. The van der Waals surface area contributed by atoms with Crippen LogP contribution in [0.4, 0.5) is 5.82 Å². The van der Waals surface area contributed by atoms with E-state index < -0.39 is 6.10 Å². The van der Waals surface area contributed by atoms with Gasteiger partial charge in [-0.3, -0.25) is 4.79 Å². The molecular weight excluding hydrogens is 270 g/mol. The maximum absolute atomic E-state index is 12.1. The molecule has 1 aliphatic heterocycles. The zero-order valence-electron chi connectivity index (χ0n) is 13.0. The Labute approximate surface area is 125 Å². The molecule has 0 spiro atoms. The lowest BCUT2D eigenvalue weighted by Crippen LogP contribution is -2.33. The number of carbonyl (C=O) groups is 1. The number of nitrogens with one attached hydrogen (secondary N) is 1. The normalized spacial score (nSPS) is 20.5. The Morgan fingerprint density at radius 1 is 1.52 bits per heavy atom. The Balaban J connectivity index is 1.80. The number of nitrogens with zero attached hydrogens (tertiary/aromatic N) is 2. The Hall–Kier alpha value is -1.40. The van der Waals surface area contributed by atoms with Crippen LogP contribution in [0.5, 0.6) is 0 Å². The van der Waals surface area contributed by atoms with Gasteiger partial charge in [0.05, 0.1) is 18.9 Å². The average Bonchev–Trinajstić information content (AvgIpc) is 2.94. The van der Waals surface area contributed by atoms with Crippen LogP contribution in [0, 0.1) is 0 Å². The first-order valence-corrected chi connectivity index (χ1v) is 7.65. The molecule has 118 valence electrons. The maximum Gasteiger partial charge on any atom is 0.254 e. The summed E-state index contributed by atoms with van der Waals surface area (Å²) in [6, 6.07) is 1.98. The summed E-state index contributed by atoms with van der Waals surface area (Å²) in [5.41, 5.74) is 0. The van der Waals surface area contributed by atoms with Crippen LogP contribution in [0.15, 0.2) is 12.3 Å². The van der Waals surface area contributed by atoms with Crippen molar-refractivity contribution in [1.82, 2.24) is 9.78 Å². The molecule has 1 N–H and O–H groups in total. The van der Waals surface area contributed by atoms with Crippen LogP contribution in [-0.2, 0) is 14.3 Å². The lowest BCUT2D eigenvalue weighted by atomic mass is 10.1. The van der Waals surface area contributed by atoms with Crippen molar-refractivity contribution in [3.05, 3.63) is 12.3 Å². The molecule has 0 aromatic carbocycles. The van der Waals surface area contributed by atoms with E-state index in [0.717, 1.165) is 19.4 Å². The highest BCUT2D eigenvalue weighted by Gasteiger charge is 2.20. The maximum atomic E-state index is 12.1. The fourth-order valence-corrected chi connectivity index (χ4v) is 2.32. The average molecular weight is 295 g/mol. The Morgan fingerprint density at radius 3 is 3.00 bits per heavy atom. The van der Waals surface area contributed by atoms with Crippen molar-refractivity contribution < 1.29 is 14.3 Å². The summed E-state index contributed by atoms with van der Waals surface area (Å²) in [5.74, 6) is 0.535. The highest BCUT2D eigenvalue weighted by molar-refractivity contribution is 5.93. The molecule has 21 heavy (non-hydrogen) atoms. The second-order valence-corrected chi connectivity index (χ2v) is 5.71. The van der Waals surface area contributed by atoms with Crippen molar-refractivity contribution in [1.29, 1.82) is 0 Å². The van der Waals surface area contributed by atoms with E-state index in [0.29, 0.717) is 12.4 Å². The molecule has 6 nitrogen and oxygen atoms in total. The van der Waals surface area contributed by atoms with Crippen molar-refractivity contribution in [2.45, 2.75) is 58.3 Å². The smallest absolute Gasteiger partial charge is 0.254 e. The van der Waals surface area contributed by atoms with Gasteiger partial charge in [-0.15, -0.1) is 0 Å². The summed E-state index contributed by atoms with van der Waals surface area (Å²) in [6.45, 7) is 7.06. The van der Waals surface area contributed by atoms with Gasteiger partial charge in [-0.25, -0.2) is 4.68 Å². The summed E-state index contributed by atoms with van der Waals surface area (Å²) in [6.07, 6.45) is 4.58. The largest absolute Gasteiger partial charge is 0.376 e. The van der Waals surface area contributed by atoms with Gasteiger partial charge in [0.25, 0.3) is 5.91 Å². The van der Waals surface area contributed by atoms with Crippen molar-refractivity contribution in [3.63, 3.8) is 0 Å². The molecule has 0 saturated carbocycles. The first-order chi connectivity index (χ1) is 10.1. The second kappa shape index (κ2) is 7.56. The van der Waals surface area contributed by atoms with Crippen molar-refractivity contribution in [3.8, 4) is 0 Å². The van der Waals surface area contributed by atoms with Gasteiger partial charge < -0.3 is 14.8 Å². The van der Waals surface area contributed by atoms with E-state index in [1.54, 1.807) is 23.9 Å². The van der Waals surface area contributed by atoms with Gasteiger partial charge in [0.2, 0.25) is 0 Å². The molecule has 1 aliphatic rings. The summed E-state index contributed by atoms with van der Waals surface area (Å²) in [7, 11) is 0. The number of aromatic nitrogens is 2. The monoisotopic (exact) mass is 295 g/mol. The van der Waals surface area contributed by atoms with E-state index in [-0.39, 0.29) is 18.1 Å². The van der Waals surface area contributed by atoms with E-state index in [2.05, 4.69) is 10.4 Å². The van der Waals surface area contributed by atoms with Gasteiger partial charge in [-0.05, 0) is 40.0 Å². The topological polar surface area (TPSA) is 65.4 Å². The fraction of sp³-hybridized carbons (Fsp3) is 0.733. The highest BCUT2D eigenvalue weighted by atomic mass is 16.5. The third-order valence-electron chi connectivity index (χ3n) is 3.59. The Morgan fingerprint density at radius 2 is 2.33 bits per heavy atom. The lowest BCUT2D eigenvalue weighted by Gasteiger charge is -2.24. The first-order valence-electron chi connectivity index (χ1n) is 7.65. The third-order valence-corrected chi connectivity index (χ3v) is 3.59. The van der Waals surface area contributed by atoms with Crippen molar-refractivity contribution in [2.75, 3.05) is 18.5 Å². The number of amides is 1. The first kappa shape index (κ1) is 16.0. The summed E-state index contributed by atoms with van der Waals surface area (Å²) < 4.78 is 13.0. The van der Waals surface area contributed by atoms with Gasteiger partial charge >= 0.3 is 0 Å². The number of ether oxygens (including phenoxy) is 2.